The monoisotopic (exact) mass is 194 g/mol. The van der Waals surface area contributed by atoms with E-state index < -0.39 is 0 Å². The maximum absolute atomic E-state index is 8.88. The molecule has 1 saturated carbocycles. The normalized spacial score (nSPS) is 35.3. The van der Waals surface area contributed by atoms with Crippen molar-refractivity contribution in [2.75, 3.05) is 7.05 Å². The van der Waals surface area contributed by atoms with E-state index >= 15 is 0 Å². The standard InChI is InChI=1S/C12H22N2/c1-9-5-10(2)7-12(6-9)14(4)11(3)8-13/h9-12H,5-7H2,1-4H3. The first-order valence-corrected chi connectivity index (χ1v) is 5.66. The van der Waals surface area contributed by atoms with Crippen LogP contribution < -0.4 is 0 Å². The van der Waals surface area contributed by atoms with Gasteiger partial charge in [0.05, 0.1) is 12.1 Å². The van der Waals surface area contributed by atoms with Crippen molar-refractivity contribution >= 4 is 0 Å². The summed E-state index contributed by atoms with van der Waals surface area (Å²) < 4.78 is 0. The van der Waals surface area contributed by atoms with Crippen LogP contribution >= 0.6 is 0 Å². The summed E-state index contributed by atoms with van der Waals surface area (Å²) in [5.41, 5.74) is 0. The highest BCUT2D eigenvalue weighted by atomic mass is 15.2. The van der Waals surface area contributed by atoms with Crippen molar-refractivity contribution in [1.29, 1.82) is 5.26 Å². The van der Waals surface area contributed by atoms with E-state index in [1.165, 1.54) is 19.3 Å². The number of nitrogens with zero attached hydrogens (tertiary/aromatic N) is 2. The van der Waals surface area contributed by atoms with Crippen LogP contribution in [0.5, 0.6) is 0 Å². The Bertz CT molecular complexity index is 209. The lowest BCUT2D eigenvalue weighted by atomic mass is 9.79. The molecule has 14 heavy (non-hydrogen) atoms. The summed E-state index contributed by atoms with van der Waals surface area (Å²) in [5, 5.41) is 8.88. The molecule has 0 bridgehead atoms. The average molecular weight is 194 g/mol. The first-order valence-electron chi connectivity index (χ1n) is 5.66. The summed E-state index contributed by atoms with van der Waals surface area (Å²) >= 11 is 0. The summed E-state index contributed by atoms with van der Waals surface area (Å²) in [6.45, 7) is 6.64. The second-order valence-corrected chi connectivity index (χ2v) is 5.04. The Morgan fingerprint density at radius 1 is 1.21 bits per heavy atom. The molecule has 1 aliphatic carbocycles. The Morgan fingerprint density at radius 3 is 2.14 bits per heavy atom. The van der Waals surface area contributed by atoms with Crippen LogP contribution in [0.25, 0.3) is 0 Å². The first kappa shape index (κ1) is 11.5. The van der Waals surface area contributed by atoms with Crippen LogP contribution in [-0.2, 0) is 0 Å². The second kappa shape index (κ2) is 4.79. The fourth-order valence-electron chi connectivity index (χ4n) is 2.64. The van der Waals surface area contributed by atoms with E-state index in [4.69, 9.17) is 5.26 Å². The third-order valence-electron chi connectivity index (χ3n) is 3.53. The molecule has 80 valence electrons. The molecule has 1 aliphatic rings. The van der Waals surface area contributed by atoms with Crippen LogP contribution in [-0.4, -0.2) is 24.0 Å². The molecule has 0 aromatic heterocycles. The van der Waals surface area contributed by atoms with Gasteiger partial charge in [-0.3, -0.25) is 4.90 Å². The molecule has 3 unspecified atom stereocenters. The van der Waals surface area contributed by atoms with E-state index in [-0.39, 0.29) is 6.04 Å². The van der Waals surface area contributed by atoms with Crippen LogP contribution in [0, 0.1) is 23.2 Å². The molecule has 2 nitrogen and oxygen atoms in total. The lowest BCUT2D eigenvalue weighted by Crippen LogP contribution is -2.42. The molecule has 0 N–H and O–H groups in total. The Labute approximate surface area is 87.9 Å². The van der Waals surface area contributed by atoms with Crippen molar-refractivity contribution in [2.24, 2.45) is 11.8 Å². The fraction of sp³-hybridized carbons (Fsp3) is 0.917. The summed E-state index contributed by atoms with van der Waals surface area (Å²) in [6.07, 6.45) is 3.87. The van der Waals surface area contributed by atoms with Crippen LogP contribution in [0.3, 0.4) is 0 Å². The van der Waals surface area contributed by atoms with Crippen molar-refractivity contribution in [3.63, 3.8) is 0 Å². The fourth-order valence-corrected chi connectivity index (χ4v) is 2.64. The molecule has 0 saturated heterocycles. The summed E-state index contributed by atoms with van der Waals surface area (Å²) in [6, 6.07) is 2.99. The van der Waals surface area contributed by atoms with Gasteiger partial charge in [0.25, 0.3) is 0 Å². The molecule has 0 heterocycles. The van der Waals surface area contributed by atoms with Gasteiger partial charge in [0.15, 0.2) is 0 Å². The number of rotatable bonds is 2. The highest BCUT2D eigenvalue weighted by molar-refractivity contribution is 4.91. The highest BCUT2D eigenvalue weighted by Crippen LogP contribution is 2.31. The number of hydrogen-bond donors (Lipinski definition) is 0. The predicted molar refractivity (Wildman–Crippen MR) is 58.8 cm³/mol. The van der Waals surface area contributed by atoms with Crippen LogP contribution in [0.1, 0.15) is 40.0 Å². The van der Waals surface area contributed by atoms with E-state index in [1.54, 1.807) is 0 Å². The van der Waals surface area contributed by atoms with E-state index in [0.717, 1.165) is 11.8 Å². The smallest absolute Gasteiger partial charge is 0.0949 e. The van der Waals surface area contributed by atoms with Crippen molar-refractivity contribution in [3.05, 3.63) is 0 Å². The van der Waals surface area contributed by atoms with Crippen molar-refractivity contribution in [1.82, 2.24) is 4.90 Å². The molecule has 0 spiro atoms. The molecule has 1 fully saturated rings. The van der Waals surface area contributed by atoms with Gasteiger partial charge in [-0.2, -0.15) is 5.26 Å². The second-order valence-electron chi connectivity index (χ2n) is 5.04. The van der Waals surface area contributed by atoms with E-state index in [1.807, 2.05) is 6.92 Å². The summed E-state index contributed by atoms with van der Waals surface area (Å²) in [4.78, 5) is 2.24. The topological polar surface area (TPSA) is 27.0 Å². The van der Waals surface area contributed by atoms with Crippen LogP contribution in [0.15, 0.2) is 0 Å². The zero-order valence-corrected chi connectivity index (χ0v) is 9.83. The molecule has 0 aromatic carbocycles. The van der Waals surface area contributed by atoms with Crippen LogP contribution in [0.4, 0.5) is 0 Å². The Balaban J connectivity index is 2.55. The van der Waals surface area contributed by atoms with Crippen molar-refractivity contribution < 1.29 is 0 Å². The minimum absolute atomic E-state index is 0.0532. The molecule has 0 aliphatic heterocycles. The zero-order chi connectivity index (χ0) is 10.7. The maximum Gasteiger partial charge on any atom is 0.0949 e. The van der Waals surface area contributed by atoms with Gasteiger partial charge >= 0.3 is 0 Å². The molecular weight excluding hydrogens is 172 g/mol. The van der Waals surface area contributed by atoms with Gasteiger partial charge in [-0.15, -0.1) is 0 Å². The number of nitriles is 1. The molecule has 1 rings (SSSR count). The van der Waals surface area contributed by atoms with Gasteiger partial charge in [0.2, 0.25) is 0 Å². The van der Waals surface area contributed by atoms with Crippen LogP contribution in [0.2, 0.25) is 0 Å². The molecule has 0 radical (unpaired) electrons. The van der Waals surface area contributed by atoms with E-state index in [0.29, 0.717) is 6.04 Å². The first-order chi connectivity index (χ1) is 6.54. The third-order valence-corrected chi connectivity index (χ3v) is 3.53. The van der Waals surface area contributed by atoms with Gasteiger partial charge in [0.1, 0.15) is 0 Å². The predicted octanol–water partition coefficient (Wildman–Crippen LogP) is 2.65. The largest absolute Gasteiger partial charge is 0.288 e. The molecular formula is C12H22N2. The number of hydrogen-bond acceptors (Lipinski definition) is 2. The zero-order valence-electron chi connectivity index (χ0n) is 9.83. The Hall–Kier alpha value is -0.550. The third kappa shape index (κ3) is 2.72. The van der Waals surface area contributed by atoms with Gasteiger partial charge in [0, 0.05) is 6.04 Å². The van der Waals surface area contributed by atoms with Gasteiger partial charge in [-0.25, -0.2) is 0 Å². The Kier molecular flexibility index (Phi) is 3.95. The van der Waals surface area contributed by atoms with Crippen molar-refractivity contribution in [3.8, 4) is 6.07 Å². The lowest BCUT2D eigenvalue weighted by molar-refractivity contribution is 0.120. The van der Waals surface area contributed by atoms with E-state index in [9.17, 15) is 0 Å². The molecule has 0 aromatic rings. The van der Waals surface area contributed by atoms with E-state index in [2.05, 4.69) is 31.9 Å². The SMILES string of the molecule is CC1CC(C)CC(N(C)C(C)C#N)C1. The Morgan fingerprint density at radius 2 is 1.71 bits per heavy atom. The quantitative estimate of drug-likeness (QED) is 0.675. The molecule has 2 heteroatoms. The molecule has 3 atom stereocenters. The molecule has 0 amide bonds. The maximum atomic E-state index is 8.88. The highest BCUT2D eigenvalue weighted by Gasteiger charge is 2.28. The minimum Gasteiger partial charge on any atom is -0.288 e. The lowest BCUT2D eigenvalue weighted by Gasteiger charge is -2.38. The van der Waals surface area contributed by atoms with Gasteiger partial charge < -0.3 is 0 Å². The average Bonchev–Trinajstić information content (AvgIpc) is 2.14. The van der Waals surface area contributed by atoms with Crippen molar-refractivity contribution in [2.45, 2.75) is 52.1 Å². The minimum atomic E-state index is 0.0532. The van der Waals surface area contributed by atoms with Gasteiger partial charge in [-0.05, 0) is 45.1 Å². The van der Waals surface area contributed by atoms with Gasteiger partial charge in [-0.1, -0.05) is 13.8 Å². The summed E-state index contributed by atoms with van der Waals surface area (Å²) in [7, 11) is 2.09. The summed E-state index contributed by atoms with van der Waals surface area (Å²) in [5.74, 6) is 1.63.